The summed E-state index contributed by atoms with van der Waals surface area (Å²) in [7, 11) is 3.62. The number of likely N-dealkylation sites (N-methyl/N-ethyl adjacent to an activating group) is 1. The van der Waals surface area contributed by atoms with Gasteiger partial charge >= 0.3 is 0 Å². The molecule has 1 saturated carbocycles. The van der Waals surface area contributed by atoms with E-state index in [1.165, 1.54) is 25.7 Å². The summed E-state index contributed by atoms with van der Waals surface area (Å²) in [4.78, 5) is 13.3. The molecule has 0 saturated heterocycles. The first-order chi connectivity index (χ1) is 7.50. The third-order valence-electron chi connectivity index (χ3n) is 3.66. The van der Waals surface area contributed by atoms with Gasteiger partial charge in [-0.05, 0) is 38.1 Å². The van der Waals surface area contributed by atoms with Gasteiger partial charge in [-0.15, -0.1) is 0 Å². The maximum absolute atomic E-state index is 11.6. The fraction of sp³-hybridized carbons (Fsp3) is 0.923. The molecule has 0 spiro atoms. The van der Waals surface area contributed by atoms with Crippen molar-refractivity contribution in [1.29, 1.82) is 0 Å². The van der Waals surface area contributed by atoms with Crippen LogP contribution >= 0.6 is 0 Å². The second kappa shape index (κ2) is 6.24. The molecule has 0 aromatic heterocycles. The summed E-state index contributed by atoms with van der Waals surface area (Å²) in [5.74, 6) is 1.84. The summed E-state index contributed by atoms with van der Waals surface area (Å²) in [6.07, 6.45) is 5.33. The topological polar surface area (TPSA) is 32.3 Å². The number of carbonyl (C=O) groups is 1. The van der Waals surface area contributed by atoms with Crippen LogP contribution in [-0.2, 0) is 4.79 Å². The molecule has 0 unspecified atom stereocenters. The average molecular weight is 226 g/mol. The molecule has 0 aliphatic heterocycles. The zero-order valence-corrected chi connectivity index (χ0v) is 11.1. The summed E-state index contributed by atoms with van der Waals surface area (Å²) in [5.41, 5.74) is 0. The minimum Gasteiger partial charge on any atom is -0.347 e. The van der Waals surface area contributed by atoms with Crippen LogP contribution in [0.1, 0.15) is 39.5 Å². The van der Waals surface area contributed by atoms with Gasteiger partial charge in [0.2, 0.25) is 5.91 Å². The van der Waals surface area contributed by atoms with Gasteiger partial charge in [-0.1, -0.05) is 19.8 Å². The Kier molecular flexibility index (Phi) is 5.26. The molecule has 3 nitrogen and oxygen atoms in total. The maximum Gasteiger partial charge on any atom is 0.238 e. The van der Waals surface area contributed by atoms with Gasteiger partial charge in [0, 0.05) is 14.1 Å². The molecule has 94 valence electrons. The van der Waals surface area contributed by atoms with Gasteiger partial charge in [0.05, 0.1) is 6.04 Å². The Morgan fingerprint density at radius 1 is 1.31 bits per heavy atom. The van der Waals surface area contributed by atoms with Crippen molar-refractivity contribution in [3.8, 4) is 0 Å². The zero-order valence-electron chi connectivity index (χ0n) is 11.1. The lowest BCUT2D eigenvalue weighted by Crippen LogP contribution is -2.43. The number of rotatable bonds is 4. The molecule has 1 fully saturated rings. The first kappa shape index (κ1) is 13.5. The van der Waals surface area contributed by atoms with E-state index in [0.29, 0.717) is 0 Å². The van der Waals surface area contributed by atoms with Gasteiger partial charge in [-0.3, -0.25) is 4.79 Å². The molecule has 1 rings (SSSR count). The summed E-state index contributed by atoms with van der Waals surface area (Å²) < 4.78 is 0. The normalized spacial score (nSPS) is 27.5. The predicted octanol–water partition coefficient (Wildman–Crippen LogP) is 1.88. The molecule has 1 N–H and O–H groups in total. The van der Waals surface area contributed by atoms with Crippen LogP contribution in [0.3, 0.4) is 0 Å². The van der Waals surface area contributed by atoms with Crippen LogP contribution in [0.25, 0.3) is 0 Å². The van der Waals surface area contributed by atoms with Crippen LogP contribution in [0, 0.1) is 11.8 Å². The first-order valence-electron chi connectivity index (χ1n) is 6.45. The molecule has 0 radical (unpaired) electrons. The first-order valence-corrected chi connectivity index (χ1v) is 6.45. The monoisotopic (exact) mass is 226 g/mol. The molecule has 1 atom stereocenters. The number of nitrogens with zero attached hydrogens (tertiary/aromatic N) is 1. The fourth-order valence-corrected chi connectivity index (χ4v) is 2.35. The largest absolute Gasteiger partial charge is 0.347 e. The standard InChI is InChI=1S/C13H26N2O/c1-10-5-7-12(8-6-10)9-14-11(2)13(16)15(3)4/h10-12,14H,5-9H2,1-4H3/t10?,11-,12?/m1/s1. The van der Waals surface area contributed by atoms with Crippen molar-refractivity contribution in [2.45, 2.75) is 45.6 Å². The quantitative estimate of drug-likeness (QED) is 0.794. The maximum atomic E-state index is 11.6. The van der Waals surface area contributed by atoms with Crippen molar-refractivity contribution < 1.29 is 4.79 Å². The molecular weight excluding hydrogens is 200 g/mol. The van der Waals surface area contributed by atoms with E-state index in [4.69, 9.17) is 0 Å². The zero-order chi connectivity index (χ0) is 12.1. The lowest BCUT2D eigenvalue weighted by Gasteiger charge is -2.27. The molecule has 1 amide bonds. The Morgan fingerprint density at radius 3 is 2.38 bits per heavy atom. The van der Waals surface area contributed by atoms with Crippen molar-refractivity contribution in [3.63, 3.8) is 0 Å². The van der Waals surface area contributed by atoms with E-state index in [1.807, 2.05) is 21.0 Å². The average Bonchev–Trinajstić information content (AvgIpc) is 2.26. The molecule has 3 heteroatoms. The number of nitrogens with one attached hydrogen (secondary N) is 1. The Bertz CT molecular complexity index is 220. The van der Waals surface area contributed by atoms with Gasteiger partial charge in [-0.25, -0.2) is 0 Å². The van der Waals surface area contributed by atoms with Crippen molar-refractivity contribution >= 4 is 5.91 Å². The van der Waals surface area contributed by atoms with E-state index >= 15 is 0 Å². The SMILES string of the molecule is CC1CCC(CN[C@H](C)C(=O)N(C)C)CC1. The summed E-state index contributed by atoms with van der Waals surface area (Å²) in [6.45, 7) is 5.28. The number of hydrogen-bond donors (Lipinski definition) is 1. The number of carbonyl (C=O) groups excluding carboxylic acids is 1. The molecule has 16 heavy (non-hydrogen) atoms. The van der Waals surface area contributed by atoms with E-state index in [0.717, 1.165) is 18.4 Å². The van der Waals surface area contributed by atoms with Gasteiger partial charge in [0.15, 0.2) is 0 Å². The van der Waals surface area contributed by atoms with E-state index < -0.39 is 0 Å². The van der Waals surface area contributed by atoms with Crippen LogP contribution in [0.4, 0.5) is 0 Å². The predicted molar refractivity (Wildman–Crippen MR) is 67.3 cm³/mol. The van der Waals surface area contributed by atoms with Crippen LogP contribution in [-0.4, -0.2) is 37.5 Å². The van der Waals surface area contributed by atoms with Crippen molar-refractivity contribution in [1.82, 2.24) is 10.2 Å². The second-order valence-electron chi connectivity index (χ2n) is 5.49. The fourth-order valence-electron chi connectivity index (χ4n) is 2.35. The van der Waals surface area contributed by atoms with E-state index in [-0.39, 0.29) is 11.9 Å². The lowest BCUT2D eigenvalue weighted by atomic mass is 9.83. The van der Waals surface area contributed by atoms with Crippen molar-refractivity contribution in [2.24, 2.45) is 11.8 Å². The highest BCUT2D eigenvalue weighted by atomic mass is 16.2. The summed E-state index contributed by atoms with van der Waals surface area (Å²) in [6, 6.07) is -0.0469. The van der Waals surface area contributed by atoms with Gasteiger partial charge < -0.3 is 10.2 Å². The van der Waals surface area contributed by atoms with E-state index in [2.05, 4.69) is 12.2 Å². The summed E-state index contributed by atoms with van der Waals surface area (Å²) >= 11 is 0. The Balaban J connectivity index is 2.21. The van der Waals surface area contributed by atoms with Crippen LogP contribution in [0.15, 0.2) is 0 Å². The van der Waals surface area contributed by atoms with Gasteiger partial charge in [-0.2, -0.15) is 0 Å². The minimum absolute atomic E-state index is 0.0469. The Hall–Kier alpha value is -0.570. The van der Waals surface area contributed by atoms with E-state index in [9.17, 15) is 4.79 Å². The lowest BCUT2D eigenvalue weighted by molar-refractivity contribution is -0.130. The van der Waals surface area contributed by atoms with Gasteiger partial charge in [0.25, 0.3) is 0 Å². The highest BCUT2D eigenvalue weighted by Gasteiger charge is 2.20. The van der Waals surface area contributed by atoms with Crippen molar-refractivity contribution in [3.05, 3.63) is 0 Å². The minimum atomic E-state index is -0.0469. The smallest absolute Gasteiger partial charge is 0.238 e. The molecule has 0 bridgehead atoms. The Labute approximate surface area is 99.6 Å². The number of hydrogen-bond acceptors (Lipinski definition) is 2. The molecule has 0 aromatic carbocycles. The van der Waals surface area contributed by atoms with Crippen LogP contribution in [0.2, 0.25) is 0 Å². The number of amides is 1. The molecule has 0 heterocycles. The molecule has 1 aliphatic rings. The molecule has 0 aromatic rings. The second-order valence-corrected chi connectivity index (χ2v) is 5.49. The highest BCUT2D eigenvalue weighted by Crippen LogP contribution is 2.27. The van der Waals surface area contributed by atoms with Crippen molar-refractivity contribution in [2.75, 3.05) is 20.6 Å². The van der Waals surface area contributed by atoms with E-state index in [1.54, 1.807) is 4.90 Å². The molecular formula is C13H26N2O. The Morgan fingerprint density at radius 2 is 1.88 bits per heavy atom. The third-order valence-corrected chi connectivity index (χ3v) is 3.66. The molecule has 1 aliphatic carbocycles. The van der Waals surface area contributed by atoms with Crippen LogP contribution in [0.5, 0.6) is 0 Å². The third kappa shape index (κ3) is 4.12. The highest BCUT2D eigenvalue weighted by molar-refractivity contribution is 5.80. The summed E-state index contributed by atoms with van der Waals surface area (Å²) in [5, 5.41) is 3.36. The van der Waals surface area contributed by atoms with Gasteiger partial charge in [0.1, 0.15) is 0 Å². The van der Waals surface area contributed by atoms with Crippen LogP contribution < -0.4 is 5.32 Å².